The van der Waals surface area contributed by atoms with Crippen molar-refractivity contribution >= 4 is 51.9 Å². The van der Waals surface area contributed by atoms with Gasteiger partial charge in [-0.15, -0.1) is 11.3 Å². The van der Waals surface area contributed by atoms with Crippen LogP contribution < -0.4 is 5.32 Å². The third-order valence-corrected chi connectivity index (χ3v) is 7.67. The number of rotatable bonds is 12. The second-order valence-corrected chi connectivity index (χ2v) is 10.9. The third kappa shape index (κ3) is 9.50. The van der Waals surface area contributed by atoms with Crippen LogP contribution in [0, 0.1) is 0 Å². The number of hydrogen-bond donors (Lipinski definition) is 1. The van der Waals surface area contributed by atoms with Crippen molar-refractivity contribution in [3.8, 4) is 0 Å². The maximum atomic E-state index is 12.9. The minimum absolute atomic E-state index is 0.0203. The minimum Gasteiger partial charge on any atom is -0.383 e. The predicted octanol–water partition coefficient (Wildman–Crippen LogP) is 3.92. The molecule has 1 aliphatic heterocycles. The number of piperazine rings is 1. The Morgan fingerprint density at radius 3 is 2.51 bits per heavy atom. The Morgan fingerprint density at radius 2 is 1.80 bits per heavy atom. The van der Waals surface area contributed by atoms with Crippen LogP contribution in [0.2, 0.25) is 5.02 Å². The zero-order chi connectivity index (χ0) is 29.0. The standard InChI is InChI=1S/C30H34ClN5O4S/c1-40-19-18-36(29(39)24-9-11-25(31)12-10-24)21-27(37)33-30-32-26(22-41-30)20-28(38)35-16-14-34(15-17-35)13-5-8-23-6-3-2-4-7-23/h2-12,22H,13-21H2,1H3,(H,32,33,37). The fraction of sp³-hybridized carbons (Fsp3) is 0.333. The van der Waals surface area contributed by atoms with Gasteiger partial charge in [0, 0.05) is 62.3 Å². The van der Waals surface area contributed by atoms with Crippen molar-refractivity contribution in [2.24, 2.45) is 0 Å². The van der Waals surface area contributed by atoms with Crippen LogP contribution in [0.3, 0.4) is 0 Å². The van der Waals surface area contributed by atoms with Crippen LogP contribution in [0.1, 0.15) is 21.6 Å². The van der Waals surface area contributed by atoms with Gasteiger partial charge in [0.25, 0.3) is 5.91 Å². The largest absolute Gasteiger partial charge is 0.383 e. The highest BCUT2D eigenvalue weighted by molar-refractivity contribution is 7.13. The molecule has 0 saturated carbocycles. The zero-order valence-corrected chi connectivity index (χ0v) is 24.6. The van der Waals surface area contributed by atoms with Crippen molar-refractivity contribution in [2.45, 2.75) is 6.42 Å². The van der Waals surface area contributed by atoms with E-state index in [0.29, 0.717) is 34.5 Å². The first kappa shape index (κ1) is 30.4. The topological polar surface area (TPSA) is 95.1 Å². The molecule has 0 bridgehead atoms. The van der Waals surface area contributed by atoms with Gasteiger partial charge in [0.1, 0.15) is 6.54 Å². The van der Waals surface area contributed by atoms with Crippen LogP contribution in [0.15, 0.2) is 66.1 Å². The summed E-state index contributed by atoms with van der Waals surface area (Å²) in [5.41, 5.74) is 2.21. The number of nitrogens with zero attached hydrogens (tertiary/aromatic N) is 4. The first-order valence-corrected chi connectivity index (χ1v) is 14.7. The Bertz CT molecular complexity index is 1320. The van der Waals surface area contributed by atoms with Gasteiger partial charge in [-0.25, -0.2) is 4.98 Å². The maximum absolute atomic E-state index is 12.9. The smallest absolute Gasteiger partial charge is 0.254 e. The van der Waals surface area contributed by atoms with Crippen LogP contribution in [-0.2, 0) is 20.7 Å². The summed E-state index contributed by atoms with van der Waals surface area (Å²) in [7, 11) is 1.54. The fourth-order valence-electron chi connectivity index (χ4n) is 4.36. The van der Waals surface area contributed by atoms with Gasteiger partial charge in [-0.2, -0.15) is 0 Å². The Kier molecular flexibility index (Phi) is 11.4. The second-order valence-electron chi connectivity index (χ2n) is 9.59. The van der Waals surface area contributed by atoms with Crippen LogP contribution in [0.25, 0.3) is 6.08 Å². The molecule has 0 spiro atoms. The van der Waals surface area contributed by atoms with E-state index in [-0.39, 0.29) is 43.8 Å². The van der Waals surface area contributed by atoms with Crippen molar-refractivity contribution < 1.29 is 19.1 Å². The Morgan fingerprint density at radius 1 is 1.07 bits per heavy atom. The second kappa shape index (κ2) is 15.4. The minimum atomic E-state index is -0.381. The molecule has 3 aromatic rings. The number of carbonyl (C=O) groups excluding carboxylic acids is 3. The SMILES string of the molecule is COCCN(CC(=O)Nc1nc(CC(=O)N2CCN(CC=Cc3ccccc3)CC2)cs1)C(=O)c1ccc(Cl)cc1. The molecule has 41 heavy (non-hydrogen) atoms. The summed E-state index contributed by atoms with van der Waals surface area (Å²) in [5, 5.41) is 5.44. The van der Waals surface area contributed by atoms with Crippen molar-refractivity contribution in [1.82, 2.24) is 19.7 Å². The number of halogens is 1. The highest BCUT2D eigenvalue weighted by atomic mass is 35.5. The van der Waals surface area contributed by atoms with E-state index in [1.807, 2.05) is 23.1 Å². The molecule has 4 rings (SSSR count). The third-order valence-electron chi connectivity index (χ3n) is 6.61. The number of nitrogens with one attached hydrogen (secondary N) is 1. The molecule has 11 heteroatoms. The lowest BCUT2D eigenvalue weighted by Gasteiger charge is -2.34. The highest BCUT2D eigenvalue weighted by Crippen LogP contribution is 2.18. The fourth-order valence-corrected chi connectivity index (χ4v) is 5.21. The lowest BCUT2D eigenvalue weighted by atomic mass is 10.2. The Labute approximate surface area is 249 Å². The van der Waals surface area contributed by atoms with E-state index in [9.17, 15) is 14.4 Å². The number of aromatic nitrogens is 1. The summed E-state index contributed by atoms with van der Waals surface area (Å²) >= 11 is 7.18. The van der Waals surface area contributed by atoms with E-state index in [1.54, 1.807) is 29.6 Å². The van der Waals surface area contributed by atoms with E-state index in [0.717, 1.165) is 19.6 Å². The molecule has 9 nitrogen and oxygen atoms in total. The first-order valence-electron chi connectivity index (χ1n) is 13.4. The molecule has 2 aromatic carbocycles. The monoisotopic (exact) mass is 595 g/mol. The lowest BCUT2D eigenvalue weighted by Crippen LogP contribution is -2.49. The van der Waals surface area contributed by atoms with Gasteiger partial charge in [0.15, 0.2) is 5.13 Å². The molecule has 0 aliphatic carbocycles. The van der Waals surface area contributed by atoms with Gasteiger partial charge >= 0.3 is 0 Å². The average molecular weight is 596 g/mol. The maximum Gasteiger partial charge on any atom is 0.254 e. The van der Waals surface area contributed by atoms with Gasteiger partial charge in [0.2, 0.25) is 11.8 Å². The van der Waals surface area contributed by atoms with Gasteiger partial charge in [-0.3, -0.25) is 19.3 Å². The number of thiazole rings is 1. The first-order chi connectivity index (χ1) is 19.9. The lowest BCUT2D eigenvalue weighted by molar-refractivity contribution is -0.132. The van der Waals surface area contributed by atoms with Gasteiger partial charge in [-0.05, 0) is 29.8 Å². The zero-order valence-electron chi connectivity index (χ0n) is 23.0. The number of carbonyl (C=O) groups is 3. The molecule has 1 saturated heterocycles. The van der Waals surface area contributed by atoms with Crippen molar-refractivity contribution in [3.63, 3.8) is 0 Å². The number of amides is 3. The molecule has 1 fully saturated rings. The normalized spacial score (nSPS) is 13.9. The molecular weight excluding hydrogens is 562 g/mol. The number of hydrogen-bond acceptors (Lipinski definition) is 7. The van der Waals surface area contributed by atoms with Crippen molar-refractivity contribution in [1.29, 1.82) is 0 Å². The number of ether oxygens (including phenoxy) is 1. The molecular formula is C30H34ClN5O4S. The van der Waals surface area contributed by atoms with Gasteiger partial charge < -0.3 is 19.9 Å². The van der Waals surface area contributed by atoms with Crippen molar-refractivity contribution in [3.05, 3.63) is 87.9 Å². The quantitative estimate of drug-likeness (QED) is 0.341. The van der Waals surface area contributed by atoms with E-state index in [4.69, 9.17) is 16.3 Å². The summed E-state index contributed by atoms with van der Waals surface area (Å²) < 4.78 is 5.11. The van der Waals surface area contributed by atoms with Crippen LogP contribution >= 0.6 is 22.9 Å². The highest BCUT2D eigenvalue weighted by Gasteiger charge is 2.22. The van der Waals surface area contributed by atoms with Crippen LogP contribution in [0.5, 0.6) is 0 Å². The molecule has 1 N–H and O–H groups in total. The summed E-state index contributed by atoms with van der Waals surface area (Å²) in [5.74, 6) is -0.661. The molecule has 0 unspecified atom stereocenters. The van der Waals surface area contributed by atoms with E-state index in [2.05, 4.69) is 39.5 Å². The molecule has 2 heterocycles. The van der Waals surface area contributed by atoms with Crippen molar-refractivity contribution in [2.75, 3.05) is 64.8 Å². The molecule has 3 amide bonds. The average Bonchev–Trinajstić information content (AvgIpc) is 3.42. The summed E-state index contributed by atoms with van der Waals surface area (Å²) in [6.07, 6.45) is 4.45. The summed E-state index contributed by atoms with van der Waals surface area (Å²) in [6.45, 7) is 4.20. The van der Waals surface area contributed by atoms with Crippen LogP contribution in [0.4, 0.5) is 5.13 Å². The summed E-state index contributed by atoms with van der Waals surface area (Å²) in [6, 6.07) is 16.7. The van der Waals surface area contributed by atoms with Gasteiger partial charge in [-0.1, -0.05) is 54.1 Å². The predicted molar refractivity (Wildman–Crippen MR) is 162 cm³/mol. The van der Waals surface area contributed by atoms with Gasteiger partial charge in [0.05, 0.1) is 18.7 Å². The molecule has 1 aliphatic rings. The van der Waals surface area contributed by atoms with E-state index < -0.39 is 0 Å². The molecule has 0 atom stereocenters. The summed E-state index contributed by atoms with van der Waals surface area (Å²) in [4.78, 5) is 48.6. The number of methoxy groups -OCH3 is 1. The van der Waals surface area contributed by atoms with Crippen LogP contribution in [-0.4, -0.2) is 96.9 Å². The molecule has 1 aromatic heterocycles. The van der Waals surface area contributed by atoms with E-state index >= 15 is 0 Å². The Hall–Kier alpha value is -3.57. The molecule has 0 radical (unpaired) electrons. The number of anilines is 1. The Balaban J connectivity index is 1.23. The number of benzene rings is 2. The van der Waals surface area contributed by atoms with E-state index in [1.165, 1.54) is 28.9 Å². The molecule has 216 valence electrons.